The van der Waals surface area contributed by atoms with Crippen LogP contribution in [0.5, 0.6) is 5.75 Å². The topological polar surface area (TPSA) is 65.7 Å². The zero-order chi connectivity index (χ0) is 18.6. The van der Waals surface area contributed by atoms with Gasteiger partial charge < -0.3 is 13.9 Å². The van der Waals surface area contributed by atoms with Crippen LogP contribution in [0.4, 0.5) is 0 Å². The number of carbonyl (C=O) groups excluding carboxylic acids is 1. The molecule has 0 saturated heterocycles. The maximum Gasteiger partial charge on any atom is 0.341 e. The van der Waals surface area contributed by atoms with Crippen LogP contribution in [0.2, 0.25) is 0 Å². The fourth-order valence-electron chi connectivity index (χ4n) is 2.48. The van der Waals surface area contributed by atoms with Crippen molar-refractivity contribution in [2.24, 2.45) is 0 Å². The third kappa shape index (κ3) is 4.95. The lowest BCUT2D eigenvalue weighted by molar-refractivity contribution is 0.0445. The van der Waals surface area contributed by atoms with E-state index in [9.17, 15) is 9.59 Å². The highest BCUT2D eigenvalue weighted by atomic mass is 16.6. The molecule has 2 rings (SSSR count). The van der Waals surface area contributed by atoms with Gasteiger partial charge in [0.1, 0.15) is 30.3 Å². The van der Waals surface area contributed by atoms with E-state index in [0.29, 0.717) is 5.56 Å². The summed E-state index contributed by atoms with van der Waals surface area (Å²) in [5.74, 6) is 0.459. The van der Waals surface area contributed by atoms with E-state index >= 15 is 0 Å². The minimum atomic E-state index is -0.523. The van der Waals surface area contributed by atoms with Crippen LogP contribution in [0, 0.1) is 13.8 Å². The van der Waals surface area contributed by atoms with Gasteiger partial charge in [-0.1, -0.05) is 32.9 Å². The third-order valence-corrected chi connectivity index (χ3v) is 3.84. The molecule has 0 aliphatic rings. The van der Waals surface area contributed by atoms with E-state index in [2.05, 4.69) is 20.8 Å². The monoisotopic (exact) mass is 344 g/mol. The van der Waals surface area contributed by atoms with Crippen molar-refractivity contribution in [1.82, 2.24) is 0 Å². The molecule has 0 atom stereocenters. The Kier molecular flexibility index (Phi) is 5.67. The number of aryl methyl sites for hydroxylation is 2. The molecule has 0 fully saturated rings. The van der Waals surface area contributed by atoms with Crippen molar-refractivity contribution in [2.75, 3.05) is 13.2 Å². The maximum absolute atomic E-state index is 12.1. The Bertz CT molecular complexity index is 768. The van der Waals surface area contributed by atoms with Crippen LogP contribution in [0.25, 0.3) is 0 Å². The second-order valence-electron chi connectivity index (χ2n) is 6.94. The molecule has 0 spiro atoms. The van der Waals surface area contributed by atoms with Gasteiger partial charge in [-0.05, 0) is 42.5 Å². The van der Waals surface area contributed by atoms with E-state index in [4.69, 9.17) is 13.9 Å². The fraction of sp³-hybridized carbons (Fsp3) is 0.400. The van der Waals surface area contributed by atoms with Gasteiger partial charge >= 0.3 is 11.6 Å². The molecule has 0 radical (unpaired) electrons. The lowest BCUT2D eigenvalue weighted by atomic mass is 9.87. The van der Waals surface area contributed by atoms with Crippen molar-refractivity contribution in [3.8, 4) is 5.75 Å². The molecule has 5 heteroatoms. The summed E-state index contributed by atoms with van der Waals surface area (Å²) in [7, 11) is 0. The molecule has 2 aromatic rings. The van der Waals surface area contributed by atoms with Crippen LogP contribution in [0.15, 0.2) is 39.5 Å². The Morgan fingerprint density at radius 2 is 1.72 bits per heavy atom. The molecule has 1 aromatic carbocycles. The number of hydrogen-bond acceptors (Lipinski definition) is 5. The summed E-state index contributed by atoms with van der Waals surface area (Å²) in [5.41, 5.74) is 1.66. The van der Waals surface area contributed by atoms with Crippen LogP contribution >= 0.6 is 0 Å². The molecule has 0 unspecified atom stereocenters. The largest absolute Gasteiger partial charge is 0.490 e. The lowest BCUT2D eigenvalue weighted by Crippen LogP contribution is -2.16. The number of esters is 1. The van der Waals surface area contributed by atoms with E-state index < -0.39 is 11.6 Å². The highest BCUT2D eigenvalue weighted by molar-refractivity contribution is 5.91. The second kappa shape index (κ2) is 7.55. The van der Waals surface area contributed by atoms with E-state index in [-0.39, 0.29) is 30.0 Å². The Hall–Kier alpha value is -2.56. The number of ether oxygens (including phenoxy) is 2. The molecule has 0 aliphatic carbocycles. The van der Waals surface area contributed by atoms with Gasteiger partial charge in [0.05, 0.1) is 0 Å². The lowest BCUT2D eigenvalue weighted by Gasteiger charge is -2.19. The number of benzene rings is 1. The van der Waals surface area contributed by atoms with E-state index in [1.54, 1.807) is 13.8 Å². The van der Waals surface area contributed by atoms with E-state index in [0.717, 1.165) is 5.75 Å². The summed E-state index contributed by atoms with van der Waals surface area (Å²) >= 11 is 0. The predicted octanol–water partition coefficient (Wildman–Crippen LogP) is 3.79. The van der Waals surface area contributed by atoms with Crippen LogP contribution in [-0.2, 0) is 10.2 Å². The van der Waals surface area contributed by atoms with Gasteiger partial charge in [-0.3, -0.25) is 0 Å². The first-order valence-corrected chi connectivity index (χ1v) is 8.20. The number of carbonyl (C=O) groups is 1. The zero-order valence-corrected chi connectivity index (χ0v) is 15.3. The van der Waals surface area contributed by atoms with Crippen LogP contribution < -0.4 is 10.4 Å². The van der Waals surface area contributed by atoms with Gasteiger partial charge in [0.15, 0.2) is 0 Å². The first-order valence-electron chi connectivity index (χ1n) is 8.20. The van der Waals surface area contributed by atoms with Crippen molar-refractivity contribution >= 4 is 5.97 Å². The molecule has 0 amide bonds. The minimum Gasteiger partial charge on any atom is -0.490 e. The van der Waals surface area contributed by atoms with Crippen LogP contribution in [0.1, 0.15) is 48.0 Å². The summed E-state index contributed by atoms with van der Waals surface area (Å²) in [6.07, 6.45) is 0. The smallest absolute Gasteiger partial charge is 0.341 e. The molecule has 0 saturated carbocycles. The number of hydrogen-bond donors (Lipinski definition) is 0. The molecule has 5 nitrogen and oxygen atoms in total. The van der Waals surface area contributed by atoms with Gasteiger partial charge in [0.2, 0.25) is 0 Å². The van der Waals surface area contributed by atoms with Gasteiger partial charge in [-0.15, -0.1) is 0 Å². The van der Waals surface area contributed by atoms with Crippen molar-refractivity contribution in [1.29, 1.82) is 0 Å². The Labute approximate surface area is 147 Å². The average Bonchev–Trinajstić information content (AvgIpc) is 2.50. The first-order chi connectivity index (χ1) is 11.7. The highest BCUT2D eigenvalue weighted by Crippen LogP contribution is 2.24. The molecular weight excluding hydrogens is 320 g/mol. The molecule has 0 bridgehead atoms. The van der Waals surface area contributed by atoms with Crippen LogP contribution in [0.3, 0.4) is 0 Å². The SMILES string of the molecule is Cc1cc(=O)oc(C)c1C(=O)OCCOc1ccc(C(C)(C)C)cc1. The Morgan fingerprint density at radius 1 is 1.08 bits per heavy atom. The predicted molar refractivity (Wildman–Crippen MR) is 95.4 cm³/mol. The fourth-order valence-corrected chi connectivity index (χ4v) is 2.48. The van der Waals surface area contributed by atoms with Crippen molar-refractivity contribution in [3.05, 3.63) is 63.2 Å². The molecule has 1 heterocycles. The minimum absolute atomic E-state index is 0.0917. The van der Waals surface area contributed by atoms with Gasteiger partial charge in [0, 0.05) is 6.07 Å². The second-order valence-corrected chi connectivity index (χ2v) is 6.94. The third-order valence-electron chi connectivity index (χ3n) is 3.84. The summed E-state index contributed by atoms with van der Waals surface area (Å²) in [4.78, 5) is 23.4. The molecule has 0 N–H and O–H groups in total. The standard InChI is InChI=1S/C20H24O5/c1-13-12-17(21)25-14(2)18(13)19(22)24-11-10-23-16-8-6-15(7-9-16)20(3,4)5/h6-9,12H,10-11H2,1-5H3. The molecule has 134 valence electrons. The Morgan fingerprint density at radius 3 is 2.28 bits per heavy atom. The van der Waals surface area contributed by atoms with Crippen molar-refractivity contribution in [2.45, 2.75) is 40.0 Å². The van der Waals surface area contributed by atoms with Crippen molar-refractivity contribution < 1.29 is 18.7 Å². The normalized spacial score (nSPS) is 11.2. The molecular formula is C20H24O5. The Balaban J connectivity index is 1.87. The summed E-state index contributed by atoms with van der Waals surface area (Å²) in [6.45, 7) is 10.0. The van der Waals surface area contributed by atoms with Crippen LogP contribution in [-0.4, -0.2) is 19.2 Å². The van der Waals surface area contributed by atoms with E-state index in [1.165, 1.54) is 11.6 Å². The van der Waals surface area contributed by atoms with Crippen molar-refractivity contribution in [3.63, 3.8) is 0 Å². The summed E-state index contributed by atoms with van der Waals surface area (Å²) < 4.78 is 15.7. The maximum atomic E-state index is 12.1. The molecule has 0 aliphatic heterocycles. The summed E-state index contributed by atoms with van der Waals surface area (Å²) in [6, 6.07) is 9.14. The van der Waals surface area contributed by atoms with Gasteiger partial charge in [-0.25, -0.2) is 9.59 Å². The highest BCUT2D eigenvalue weighted by Gasteiger charge is 2.17. The van der Waals surface area contributed by atoms with E-state index in [1.807, 2.05) is 24.3 Å². The zero-order valence-electron chi connectivity index (χ0n) is 15.3. The summed E-state index contributed by atoms with van der Waals surface area (Å²) in [5, 5.41) is 0. The first kappa shape index (κ1) is 18.8. The quantitative estimate of drug-likeness (QED) is 0.610. The van der Waals surface area contributed by atoms with Gasteiger partial charge in [-0.2, -0.15) is 0 Å². The van der Waals surface area contributed by atoms with Gasteiger partial charge in [0.25, 0.3) is 0 Å². The molecule has 25 heavy (non-hydrogen) atoms. The molecule has 1 aromatic heterocycles. The number of rotatable bonds is 5. The average molecular weight is 344 g/mol.